The van der Waals surface area contributed by atoms with E-state index in [9.17, 15) is 19.5 Å². The molecule has 8 heteroatoms. The highest BCUT2D eigenvalue weighted by molar-refractivity contribution is 6.04. The molecule has 0 heterocycles. The third kappa shape index (κ3) is 5.17. The summed E-state index contributed by atoms with van der Waals surface area (Å²) >= 11 is 0. The van der Waals surface area contributed by atoms with Crippen molar-refractivity contribution in [3.63, 3.8) is 0 Å². The summed E-state index contributed by atoms with van der Waals surface area (Å²) in [4.78, 5) is 36.8. The van der Waals surface area contributed by atoms with Crippen LogP contribution in [0.3, 0.4) is 0 Å². The number of rotatable bonds is 8. The van der Waals surface area contributed by atoms with E-state index in [4.69, 9.17) is 9.84 Å². The van der Waals surface area contributed by atoms with Gasteiger partial charge in [-0.25, -0.2) is 9.59 Å². The molecule has 3 aromatic carbocycles. The van der Waals surface area contributed by atoms with Crippen LogP contribution in [0.25, 0.3) is 11.1 Å². The zero-order valence-electron chi connectivity index (χ0n) is 19.2. The Bertz CT molecular complexity index is 1230. The van der Waals surface area contributed by atoms with E-state index in [2.05, 4.69) is 10.6 Å². The molecule has 1 atom stereocenters. The number of aryl methyl sites for hydroxylation is 1. The van der Waals surface area contributed by atoms with Gasteiger partial charge in [0.2, 0.25) is 0 Å². The second-order valence-electron chi connectivity index (χ2n) is 8.38. The third-order valence-corrected chi connectivity index (χ3v) is 6.02. The van der Waals surface area contributed by atoms with Gasteiger partial charge >= 0.3 is 12.1 Å². The first-order valence-corrected chi connectivity index (χ1v) is 11.3. The van der Waals surface area contributed by atoms with Crippen molar-refractivity contribution in [1.29, 1.82) is 0 Å². The number of ether oxygens (including phenoxy) is 1. The molecule has 1 aliphatic rings. The lowest BCUT2D eigenvalue weighted by Crippen LogP contribution is -2.41. The van der Waals surface area contributed by atoms with Gasteiger partial charge in [0.15, 0.2) is 0 Å². The summed E-state index contributed by atoms with van der Waals surface area (Å²) in [6.07, 6.45) is -0.864. The molecular weight excluding hydrogens is 448 g/mol. The topological polar surface area (TPSA) is 125 Å². The molecule has 4 N–H and O–H groups in total. The number of carboxylic acid groups (broad SMARTS) is 1. The fourth-order valence-corrected chi connectivity index (χ4v) is 4.32. The van der Waals surface area contributed by atoms with Crippen LogP contribution in [-0.2, 0) is 9.53 Å². The minimum absolute atomic E-state index is 0.0997. The molecule has 1 aliphatic carbocycles. The zero-order chi connectivity index (χ0) is 24.9. The molecule has 0 saturated carbocycles. The molecule has 0 radical (unpaired) electrons. The highest BCUT2D eigenvalue weighted by atomic mass is 16.5. The third-order valence-electron chi connectivity index (χ3n) is 6.02. The Kier molecular flexibility index (Phi) is 7.12. The summed E-state index contributed by atoms with van der Waals surface area (Å²) in [5.41, 5.74) is 5.44. The second kappa shape index (κ2) is 10.4. The number of carboxylic acids is 1. The van der Waals surface area contributed by atoms with E-state index in [-0.39, 0.29) is 30.2 Å². The maximum absolute atomic E-state index is 12.8. The smallest absolute Gasteiger partial charge is 0.411 e. The van der Waals surface area contributed by atoms with Gasteiger partial charge in [-0.05, 0) is 41.3 Å². The van der Waals surface area contributed by atoms with E-state index in [1.165, 1.54) is 0 Å². The van der Waals surface area contributed by atoms with Crippen LogP contribution in [0.1, 0.15) is 39.4 Å². The summed E-state index contributed by atoms with van der Waals surface area (Å²) in [6, 6.07) is 19.6. The number of fused-ring (bicyclic) bond motifs is 3. The van der Waals surface area contributed by atoms with E-state index < -0.39 is 30.6 Å². The van der Waals surface area contributed by atoms with Crippen LogP contribution in [-0.4, -0.2) is 47.4 Å². The molecule has 0 unspecified atom stereocenters. The van der Waals surface area contributed by atoms with Crippen LogP contribution in [0, 0.1) is 6.92 Å². The Hall–Kier alpha value is -4.17. The predicted molar refractivity (Wildman–Crippen MR) is 130 cm³/mol. The predicted octanol–water partition coefficient (Wildman–Crippen LogP) is 3.92. The summed E-state index contributed by atoms with van der Waals surface area (Å²) in [7, 11) is 0. The minimum atomic E-state index is -1.26. The van der Waals surface area contributed by atoms with Crippen molar-refractivity contribution < 1.29 is 29.3 Å². The normalized spacial score (nSPS) is 12.9. The molecule has 180 valence electrons. The molecule has 0 aromatic heterocycles. The van der Waals surface area contributed by atoms with Crippen LogP contribution < -0.4 is 10.6 Å². The summed E-state index contributed by atoms with van der Waals surface area (Å²) in [5, 5.41) is 23.3. The average Bonchev–Trinajstić information content (AvgIpc) is 3.17. The van der Waals surface area contributed by atoms with Gasteiger partial charge in [-0.15, -0.1) is 0 Å². The summed E-state index contributed by atoms with van der Waals surface area (Å²) < 4.78 is 5.56. The number of carbonyl (C=O) groups is 3. The Morgan fingerprint density at radius 1 is 0.971 bits per heavy atom. The van der Waals surface area contributed by atoms with Gasteiger partial charge < -0.3 is 20.3 Å². The Morgan fingerprint density at radius 2 is 1.60 bits per heavy atom. The van der Waals surface area contributed by atoms with Crippen molar-refractivity contribution in [3.8, 4) is 11.1 Å². The highest BCUT2D eigenvalue weighted by Crippen LogP contribution is 2.44. The molecule has 0 saturated heterocycles. The van der Waals surface area contributed by atoms with Gasteiger partial charge in [0.1, 0.15) is 12.6 Å². The molecule has 0 fully saturated rings. The van der Waals surface area contributed by atoms with Gasteiger partial charge in [-0.3, -0.25) is 10.1 Å². The molecule has 0 bridgehead atoms. The number of carbonyl (C=O) groups excluding carboxylic acids is 2. The fourth-order valence-electron chi connectivity index (χ4n) is 4.32. The van der Waals surface area contributed by atoms with Gasteiger partial charge in [0.05, 0.1) is 11.3 Å². The summed E-state index contributed by atoms with van der Waals surface area (Å²) in [5.74, 6) is -2.04. The van der Waals surface area contributed by atoms with E-state index in [1.54, 1.807) is 25.1 Å². The number of anilines is 1. The molecule has 8 nitrogen and oxygen atoms in total. The lowest BCUT2D eigenvalue weighted by molar-refractivity contribution is -0.139. The minimum Gasteiger partial charge on any atom is -0.480 e. The Morgan fingerprint density at radius 3 is 2.20 bits per heavy atom. The van der Waals surface area contributed by atoms with Crippen molar-refractivity contribution >= 4 is 23.7 Å². The molecule has 35 heavy (non-hydrogen) atoms. The second-order valence-corrected chi connectivity index (χ2v) is 8.38. The lowest BCUT2D eigenvalue weighted by atomic mass is 9.98. The number of hydrogen-bond acceptors (Lipinski definition) is 5. The number of aliphatic hydroxyl groups excluding tert-OH is 1. The Labute approximate surface area is 202 Å². The standard InChI is InChI=1S/C27H26N2O6/c1-16-10-11-23(21(14-16)25(31)28-24(12-13-30)26(32)33)29-27(34)35-15-22-19-8-4-2-6-17(19)18-7-3-5-9-20(18)22/h2-11,14,22,24,30H,12-13,15H2,1H3,(H,28,31)(H,29,34)(H,32,33)/t24-/m0/s1. The number of aliphatic carboxylic acids is 1. The average molecular weight is 475 g/mol. The van der Waals surface area contributed by atoms with E-state index in [1.807, 2.05) is 48.5 Å². The van der Waals surface area contributed by atoms with E-state index in [0.717, 1.165) is 27.8 Å². The molecule has 2 amide bonds. The first-order chi connectivity index (χ1) is 16.9. The van der Waals surface area contributed by atoms with Crippen LogP contribution in [0.4, 0.5) is 10.5 Å². The number of nitrogens with one attached hydrogen (secondary N) is 2. The zero-order valence-corrected chi connectivity index (χ0v) is 19.2. The number of aliphatic hydroxyl groups is 1. The molecule has 0 aliphatic heterocycles. The van der Waals surface area contributed by atoms with Crippen molar-refractivity contribution in [2.45, 2.75) is 25.3 Å². The molecule has 3 aromatic rings. The van der Waals surface area contributed by atoms with Crippen LogP contribution in [0.5, 0.6) is 0 Å². The maximum atomic E-state index is 12.8. The van der Waals surface area contributed by atoms with E-state index in [0.29, 0.717) is 0 Å². The first kappa shape index (κ1) is 24.0. The van der Waals surface area contributed by atoms with Crippen LogP contribution >= 0.6 is 0 Å². The Balaban J connectivity index is 1.48. The number of amides is 2. The van der Waals surface area contributed by atoms with Crippen molar-refractivity contribution in [2.75, 3.05) is 18.5 Å². The van der Waals surface area contributed by atoms with Gasteiger partial charge in [-0.2, -0.15) is 0 Å². The van der Waals surface area contributed by atoms with Crippen molar-refractivity contribution in [2.24, 2.45) is 0 Å². The van der Waals surface area contributed by atoms with Gasteiger partial charge in [-0.1, -0.05) is 60.2 Å². The van der Waals surface area contributed by atoms with Crippen molar-refractivity contribution in [3.05, 3.63) is 89.0 Å². The maximum Gasteiger partial charge on any atom is 0.411 e. The lowest BCUT2D eigenvalue weighted by Gasteiger charge is -2.17. The number of hydrogen-bond donors (Lipinski definition) is 4. The number of benzene rings is 3. The van der Waals surface area contributed by atoms with Crippen molar-refractivity contribution in [1.82, 2.24) is 5.32 Å². The quantitative estimate of drug-likeness (QED) is 0.392. The van der Waals surface area contributed by atoms with E-state index >= 15 is 0 Å². The van der Waals surface area contributed by atoms with Gasteiger partial charge in [0, 0.05) is 18.9 Å². The monoisotopic (exact) mass is 474 g/mol. The first-order valence-electron chi connectivity index (χ1n) is 11.3. The molecule has 0 spiro atoms. The summed E-state index contributed by atoms with van der Waals surface area (Å²) in [6.45, 7) is 1.50. The van der Waals surface area contributed by atoms with Gasteiger partial charge in [0.25, 0.3) is 5.91 Å². The fraction of sp³-hybridized carbons (Fsp3) is 0.222. The highest BCUT2D eigenvalue weighted by Gasteiger charge is 2.29. The van der Waals surface area contributed by atoms with Crippen LogP contribution in [0.15, 0.2) is 66.7 Å². The largest absolute Gasteiger partial charge is 0.480 e. The van der Waals surface area contributed by atoms with Crippen LogP contribution in [0.2, 0.25) is 0 Å². The molecular formula is C27H26N2O6. The SMILES string of the molecule is Cc1ccc(NC(=O)OCC2c3ccccc3-c3ccccc32)c(C(=O)N[C@@H](CCO)C(=O)O)c1. The molecule has 4 rings (SSSR count).